The summed E-state index contributed by atoms with van der Waals surface area (Å²) in [6.07, 6.45) is 4.02. The molecule has 0 radical (unpaired) electrons. The van der Waals surface area contributed by atoms with Gasteiger partial charge >= 0.3 is 0 Å². The number of hydrogen-bond acceptors (Lipinski definition) is 5. The van der Waals surface area contributed by atoms with Gasteiger partial charge in [-0.1, -0.05) is 38.0 Å². The minimum absolute atomic E-state index is 0.141. The predicted octanol–water partition coefficient (Wildman–Crippen LogP) is 6.51. The van der Waals surface area contributed by atoms with E-state index in [-0.39, 0.29) is 12.3 Å². The number of ether oxygens (including phenoxy) is 3. The molecule has 0 spiro atoms. The van der Waals surface area contributed by atoms with Crippen molar-refractivity contribution < 1.29 is 14.2 Å². The van der Waals surface area contributed by atoms with Crippen molar-refractivity contribution in [3.05, 3.63) is 89.5 Å². The van der Waals surface area contributed by atoms with Crippen LogP contribution in [-0.4, -0.2) is 24.4 Å². The third-order valence-corrected chi connectivity index (χ3v) is 6.30. The van der Waals surface area contributed by atoms with Crippen LogP contribution in [0.4, 0.5) is 0 Å². The summed E-state index contributed by atoms with van der Waals surface area (Å²) >= 11 is 0. The Morgan fingerprint density at radius 3 is 2.45 bits per heavy atom. The van der Waals surface area contributed by atoms with Crippen LogP contribution < -0.4 is 14.2 Å². The van der Waals surface area contributed by atoms with Gasteiger partial charge in [0.15, 0.2) is 0 Å². The van der Waals surface area contributed by atoms with E-state index >= 15 is 0 Å². The molecule has 0 bridgehead atoms. The smallest absolute Gasteiger partial charge is 0.213 e. The number of hydrazone groups is 1. The van der Waals surface area contributed by atoms with Gasteiger partial charge in [0, 0.05) is 17.5 Å². The van der Waals surface area contributed by atoms with Crippen LogP contribution in [0.15, 0.2) is 77.9 Å². The van der Waals surface area contributed by atoms with E-state index in [0.717, 1.165) is 53.5 Å². The maximum Gasteiger partial charge on any atom is 0.213 e. The zero-order valence-corrected chi connectivity index (χ0v) is 19.2. The number of fused-ring (bicyclic) bond motifs is 3. The second-order valence-electron chi connectivity index (χ2n) is 8.51. The Morgan fingerprint density at radius 2 is 1.70 bits per heavy atom. The van der Waals surface area contributed by atoms with E-state index in [1.165, 1.54) is 18.4 Å². The Kier molecular flexibility index (Phi) is 6.20. The number of nitrogens with zero attached hydrogens (tertiary/aromatic N) is 2. The van der Waals surface area contributed by atoms with Gasteiger partial charge in [-0.2, -0.15) is 5.10 Å². The molecule has 33 heavy (non-hydrogen) atoms. The lowest BCUT2D eigenvalue weighted by Crippen LogP contribution is -2.33. The van der Waals surface area contributed by atoms with Crippen molar-refractivity contribution in [3.63, 3.8) is 0 Å². The van der Waals surface area contributed by atoms with Crippen LogP contribution >= 0.6 is 0 Å². The summed E-state index contributed by atoms with van der Waals surface area (Å²) in [7, 11) is 1.68. The van der Waals surface area contributed by atoms with Crippen molar-refractivity contribution in [2.75, 3.05) is 13.7 Å². The summed E-state index contributed by atoms with van der Waals surface area (Å²) in [5.41, 5.74) is 4.41. The number of benzene rings is 3. The normalized spacial score (nSPS) is 18.7. The zero-order chi connectivity index (χ0) is 22.6. The van der Waals surface area contributed by atoms with Crippen molar-refractivity contribution in [1.29, 1.82) is 0 Å². The first kappa shape index (κ1) is 21.4. The maximum atomic E-state index is 6.46. The lowest BCUT2D eigenvalue weighted by Gasteiger charge is -2.38. The SMILES string of the molecule is CCCCCOc1ccc([C@H]2Oc3ccccc3[C@@H]3CC(c4ccc(OC)cc4)=NN23)cc1. The first-order chi connectivity index (χ1) is 16.3. The summed E-state index contributed by atoms with van der Waals surface area (Å²) in [6, 6.07) is 24.8. The number of para-hydroxylation sites is 1. The van der Waals surface area contributed by atoms with Gasteiger partial charge in [0.2, 0.25) is 6.23 Å². The Morgan fingerprint density at radius 1 is 0.939 bits per heavy atom. The summed E-state index contributed by atoms with van der Waals surface area (Å²) < 4.78 is 17.7. The standard InChI is InChI=1S/C28H30N2O3/c1-3-4-7-18-32-23-16-12-21(13-17-23)28-30-26(24-8-5-6-9-27(24)33-28)19-25(29-30)20-10-14-22(31-2)15-11-20/h5-6,8-17,26,28H,3-4,7,18-19H2,1-2H3/t26-,28+/m0/s1. The van der Waals surface area contributed by atoms with E-state index in [0.29, 0.717) is 0 Å². The molecule has 0 aromatic heterocycles. The number of unbranched alkanes of at least 4 members (excludes halogenated alkanes) is 2. The number of rotatable bonds is 8. The Hall–Kier alpha value is -3.47. The first-order valence-corrected chi connectivity index (χ1v) is 11.8. The van der Waals surface area contributed by atoms with Crippen LogP contribution in [0, 0.1) is 0 Å². The topological polar surface area (TPSA) is 43.3 Å². The fraction of sp³-hybridized carbons (Fsp3) is 0.321. The average molecular weight is 443 g/mol. The van der Waals surface area contributed by atoms with Crippen LogP contribution in [0.25, 0.3) is 0 Å². The summed E-state index contributed by atoms with van der Waals surface area (Å²) in [4.78, 5) is 0. The van der Waals surface area contributed by atoms with Crippen LogP contribution in [0.3, 0.4) is 0 Å². The summed E-state index contributed by atoms with van der Waals surface area (Å²) in [5.74, 6) is 2.67. The lowest BCUT2D eigenvalue weighted by atomic mass is 9.96. The van der Waals surface area contributed by atoms with Gasteiger partial charge in [0.05, 0.1) is 25.5 Å². The van der Waals surface area contributed by atoms with Crippen molar-refractivity contribution in [2.45, 2.75) is 44.9 Å². The molecule has 0 unspecified atom stereocenters. The van der Waals surface area contributed by atoms with Crippen molar-refractivity contribution in [1.82, 2.24) is 5.01 Å². The van der Waals surface area contributed by atoms with E-state index in [1.807, 2.05) is 30.3 Å². The first-order valence-electron chi connectivity index (χ1n) is 11.8. The Labute approximate surface area is 195 Å². The quantitative estimate of drug-likeness (QED) is 0.373. The second kappa shape index (κ2) is 9.57. The molecule has 0 N–H and O–H groups in total. The number of hydrogen-bond donors (Lipinski definition) is 0. The Balaban J connectivity index is 1.41. The average Bonchev–Trinajstić information content (AvgIpc) is 3.32. The highest BCUT2D eigenvalue weighted by Gasteiger charge is 2.40. The molecule has 0 saturated carbocycles. The fourth-order valence-electron chi connectivity index (χ4n) is 4.48. The van der Waals surface area contributed by atoms with Gasteiger partial charge in [-0.05, 0) is 66.6 Å². The minimum Gasteiger partial charge on any atom is -0.497 e. The molecule has 2 atom stereocenters. The third-order valence-electron chi connectivity index (χ3n) is 6.30. The van der Waals surface area contributed by atoms with Crippen LogP contribution in [-0.2, 0) is 0 Å². The molecule has 170 valence electrons. The molecular formula is C28H30N2O3. The molecule has 3 aromatic carbocycles. The van der Waals surface area contributed by atoms with Crippen molar-refractivity contribution in [3.8, 4) is 17.2 Å². The van der Waals surface area contributed by atoms with E-state index in [1.54, 1.807) is 7.11 Å². The number of methoxy groups -OCH3 is 1. The van der Waals surface area contributed by atoms with Gasteiger partial charge in [0.1, 0.15) is 17.2 Å². The van der Waals surface area contributed by atoms with Gasteiger partial charge < -0.3 is 14.2 Å². The fourth-order valence-corrected chi connectivity index (χ4v) is 4.48. The second-order valence-corrected chi connectivity index (χ2v) is 8.51. The zero-order valence-electron chi connectivity index (χ0n) is 19.2. The highest BCUT2D eigenvalue weighted by molar-refractivity contribution is 6.02. The highest BCUT2D eigenvalue weighted by atomic mass is 16.5. The molecule has 0 saturated heterocycles. The molecule has 5 nitrogen and oxygen atoms in total. The van der Waals surface area contributed by atoms with Gasteiger partial charge in [-0.3, -0.25) is 0 Å². The molecule has 3 aromatic rings. The highest BCUT2D eigenvalue weighted by Crippen LogP contribution is 2.47. The minimum atomic E-state index is -0.283. The molecule has 0 amide bonds. The van der Waals surface area contributed by atoms with E-state index in [4.69, 9.17) is 19.3 Å². The molecule has 5 heteroatoms. The van der Waals surface area contributed by atoms with Crippen molar-refractivity contribution in [2.24, 2.45) is 5.10 Å². The van der Waals surface area contributed by atoms with E-state index in [2.05, 4.69) is 54.4 Å². The van der Waals surface area contributed by atoms with Crippen LogP contribution in [0.2, 0.25) is 0 Å². The van der Waals surface area contributed by atoms with Crippen molar-refractivity contribution >= 4 is 5.71 Å². The van der Waals surface area contributed by atoms with Gasteiger partial charge in [0.25, 0.3) is 0 Å². The van der Waals surface area contributed by atoms with Gasteiger partial charge in [-0.15, -0.1) is 0 Å². The lowest BCUT2D eigenvalue weighted by molar-refractivity contribution is -0.0190. The van der Waals surface area contributed by atoms with Crippen LogP contribution in [0.5, 0.6) is 17.2 Å². The molecule has 2 heterocycles. The maximum absolute atomic E-state index is 6.46. The molecule has 0 aliphatic carbocycles. The molecule has 2 aliphatic rings. The monoisotopic (exact) mass is 442 g/mol. The molecule has 2 aliphatic heterocycles. The van der Waals surface area contributed by atoms with Crippen LogP contribution in [0.1, 0.15) is 61.6 Å². The van der Waals surface area contributed by atoms with Gasteiger partial charge in [-0.25, -0.2) is 5.01 Å². The molecular weight excluding hydrogens is 412 g/mol. The largest absolute Gasteiger partial charge is 0.497 e. The summed E-state index contributed by atoms with van der Waals surface area (Å²) in [5, 5.41) is 7.15. The van der Waals surface area contributed by atoms with E-state index in [9.17, 15) is 0 Å². The third kappa shape index (κ3) is 4.40. The predicted molar refractivity (Wildman–Crippen MR) is 130 cm³/mol. The molecule has 5 rings (SSSR count). The summed E-state index contributed by atoms with van der Waals surface area (Å²) in [6.45, 7) is 2.95. The molecule has 0 fully saturated rings. The Bertz CT molecular complexity index is 1110. The van der Waals surface area contributed by atoms with E-state index < -0.39 is 0 Å².